The zero-order valence-corrected chi connectivity index (χ0v) is 15.7. The van der Waals surface area contributed by atoms with Crippen molar-refractivity contribution in [1.29, 1.82) is 0 Å². The fourth-order valence-electron chi connectivity index (χ4n) is 2.73. The maximum Gasteiger partial charge on any atom is 0.333 e. The van der Waals surface area contributed by atoms with Crippen LogP contribution in [-0.4, -0.2) is 25.2 Å². The van der Waals surface area contributed by atoms with Crippen LogP contribution in [0.2, 0.25) is 5.02 Å². The molecule has 0 radical (unpaired) electrons. The van der Waals surface area contributed by atoms with E-state index in [4.69, 9.17) is 21.1 Å². The Hall–Kier alpha value is -2.99. The molecule has 0 unspecified atom stereocenters. The van der Waals surface area contributed by atoms with Crippen LogP contribution in [0, 0.1) is 0 Å². The zero-order chi connectivity index (χ0) is 19.4. The molecular weight excluding hydrogens is 368 g/mol. The minimum atomic E-state index is -0.500. The van der Waals surface area contributed by atoms with Crippen molar-refractivity contribution in [2.75, 3.05) is 18.1 Å². The molecule has 1 saturated heterocycles. The molecule has 2 aromatic carbocycles. The van der Waals surface area contributed by atoms with Crippen molar-refractivity contribution in [1.82, 2.24) is 5.32 Å². The van der Waals surface area contributed by atoms with Gasteiger partial charge in [0.2, 0.25) is 0 Å². The predicted molar refractivity (Wildman–Crippen MR) is 104 cm³/mol. The maximum absolute atomic E-state index is 12.7. The normalized spacial score (nSPS) is 15.2. The van der Waals surface area contributed by atoms with Crippen LogP contribution in [0.5, 0.6) is 11.5 Å². The summed E-state index contributed by atoms with van der Waals surface area (Å²) in [5.74, 6) is 0.500. The van der Waals surface area contributed by atoms with E-state index in [-0.39, 0.29) is 5.70 Å². The summed E-state index contributed by atoms with van der Waals surface area (Å²) in [6.45, 7) is 4.59. The number of para-hydroxylation sites is 1. The van der Waals surface area contributed by atoms with E-state index in [0.29, 0.717) is 41.0 Å². The lowest BCUT2D eigenvalue weighted by Gasteiger charge is -2.13. The first-order valence-corrected chi connectivity index (χ1v) is 8.94. The second-order valence-electron chi connectivity index (χ2n) is 5.66. The van der Waals surface area contributed by atoms with E-state index in [1.807, 2.05) is 19.9 Å². The molecule has 1 N–H and O–H groups in total. The smallest absolute Gasteiger partial charge is 0.333 e. The highest BCUT2D eigenvalue weighted by Crippen LogP contribution is 2.37. The number of imide groups is 1. The number of ether oxygens (including phenoxy) is 2. The number of anilines is 1. The molecule has 0 spiro atoms. The maximum atomic E-state index is 12.7. The van der Waals surface area contributed by atoms with Crippen molar-refractivity contribution < 1.29 is 19.1 Å². The Balaban J connectivity index is 1.95. The van der Waals surface area contributed by atoms with E-state index in [2.05, 4.69) is 5.32 Å². The van der Waals surface area contributed by atoms with Crippen LogP contribution in [0.4, 0.5) is 10.5 Å². The van der Waals surface area contributed by atoms with Crippen LogP contribution in [0.3, 0.4) is 0 Å². The summed E-state index contributed by atoms with van der Waals surface area (Å²) in [6.07, 6.45) is 1.56. The fraction of sp³-hybridized carbons (Fsp3) is 0.200. The average molecular weight is 387 g/mol. The third-order valence-corrected chi connectivity index (χ3v) is 4.10. The first-order chi connectivity index (χ1) is 13.0. The molecular formula is C20H19ClN2O4. The Morgan fingerprint density at radius 1 is 1.07 bits per heavy atom. The molecule has 27 heavy (non-hydrogen) atoms. The van der Waals surface area contributed by atoms with Gasteiger partial charge in [0.05, 0.1) is 23.9 Å². The lowest BCUT2D eigenvalue weighted by molar-refractivity contribution is -0.113. The van der Waals surface area contributed by atoms with E-state index >= 15 is 0 Å². The zero-order valence-electron chi connectivity index (χ0n) is 15.0. The monoisotopic (exact) mass is 386 g/mol. The quantitative estimate of drug-likeness (QED) is 0.595. The molecule has 0 bridgehead atoms. The number of carbonyl (C=O) groups excluding carboxylic acids is 2. The van der Waals surface area contributed by atoms with E-state index in [1.54, 1.807) is 42.5 Å². The minimum Gasteiger partial charge on any atom is -0.490 e. The molecule has 1 aliphatic heterocycles. The molecule has 6 nitrogen and oxygen atoms in total. The Bertz CT molecular complexity index is 896. The van der Waals surface area contributed by atoms with Gasteiger partial charge in [-0.1, -0.05) is 29.8 Å². The number of hydrogen-bond donors (Lipinski definition) is 1. The van der Waals surface area contributed by atoms with Crippen molar-refractivity contribution >= 4 is 35.3 Å². The van der Waals surface area contributed by atoms with Crippen LogP contribution in [0.15, 0.2) is 48.2 Å². The highest BCUT2D eigenvalue weighted by molar-refractivity contribution is 6.32. The van der Waals surface area contributed by atoms with Crippen molar-refractivity contribution in [3.05, 3.63) is 58.7 Å². The molecule has 1 heterocycles. The Morgan fingerprint density at radius 2 is 1.78 bits per heavy atom. The molecule has 1 aliphatic rings. The second kappa shape index (κ2) is 8.14. The van der Waals surface area contributed by atoms with Crippen molar-refractivity contribution in [3.8, 4) is 11.5 Å². The van der Waals surface area contributed by atoms with Gasteiger partial charge < -0.3 is 14.8 Å². The first kappa shape index (κ1) is 18.8. The summed E-state index contributed by atoms with van der Waals surface area (Å²) in [4.78, 5) is 26.0. The van der Waals surface area contributed by atoms with E-state index in [0.717, 1.165) is 4.90 Å². The molecule has 0 aromatic heterocycles. The summed E-state index contributed by atoms with van der Waals surface area (Å²) < 4.78 is 11.1. The number of halogens is 1. The largest absolute Gasteiger partial charge is 0.490 e. The number of rotatable bonds is 6. The van der Waals surface area contributed by atoms with Gasteiger partial charge in [-0.3, -0.25) is 4.79 Å². The number of carbonyl (C=O) groups is 2. The minimum absolute atomic E-state index is 0.159. The van der Waals surface area contributed by atoms with Gasteiger partial charge in [-0.25, -0.2) is 9.69 Å². The number of amides is 3. The van der Waals surface area contributed by atoms with Crippen molar-refractivity contribution in [2.45, 2.75) is 13.8 Å². The van der Waals surface area contributed by atoms with Gasteiger partial charge in [0, 0.05) is 0 Å². The van der Waals surface area contributed by atoms with Crippen LogP contribution in [0.25, 0.3) is 6.08 Å². The summed E-state index contributed by atoms with van der Waals surface area (Å²) >= 11 is 6.31. The van der Waals surface area contributed by atoms with E-state index in [9.17, 15) is 9.59 Å². The molecule has 1 fully saturated rings. The second-order valence-corrected chi connectivity index (χ2v) is 6.07. The third-order valence-electron chi connectivity index (χ3n) is 3.82. The summed E-state index contributed by atoms with van der Waals surface area (Å²) in [6, 6.07) is 11.6. The van der Waals surface area contributed by atoms with Crippen LogP contribution < -0.4 is 19.7 Å². The van der Waals surface area contributed by atoms with Gasteiger partial charge >= 0.3 is 6.03 Å². The summed E-state index contributed by atoms with van der Waals surface area (Å²) in [7, 11) is 0. The topological polar surface area (TPSA) is 67.9 Å². The molecule has 3 rings (SSSR count). The van der Waals surface area contributed by atoms with Gasteiger partial charge in [-0.05, 0) is 49.8 Å². The SMILES string of the molecule is CCOc1cc(/C=C2/NC(=O)N(c3ccccc3)C2=O)cc(Cl)c1OCC. The molecule has 0 aliphatic carbocycles. The molecule has 3 amide bonds. The van der Waals surface area contributed by atoms with Gasteiger partial charge in [-0.15, -0.1) is 0 Å². The summed E-state index contributed by atoms with van der Waals surface area (Å²) in [5, 5.41) is 2.96. The molecule has 140 valence electrons. The number of urea groups is 1. The van der Waals surface area contributed by atoms with Gasteiger partial charge in [0.15, 0.2) is 11.5 Å². The lowest BCUT2D eigenvalue weighted by Crippen LogP contribution is -2.30. The Morgan fingerprint density at radius 3 is 2.44 bits per heavy atom. The fourth-order valence-corrected chi connectivity index (χ4v) is 3.01. The highest BCUT2D eigenvalue weighted by atomic mass is 35.5. The van der Waals surface area contributed by atoms with E-state index < -0.39 is 11.9 Å². The number of nitrogens with one attached hydrogen (secondary N) is 1. The van der Waals surface area contributed by atoms with Crippen molar-refractivity contribution in [3.63, 3.8) is 0 Å². The number of nitrogens with zero attached hydrogens (tertiary/aromatic N) is 1. The van der Waals surface area contributed by atoms with Gasteiger partial charge in [0.1, 0.15) is 5.70 Å². The van der Waals surface area contributed by atoms with Gasteiger partial charge in [-0.2, -0.15) is 0 Å². The van der Waals surface area contributed by atoms with Gasteiger partial charge in [0.25, 0.3) is 5.91 Å². The Labute approximate surface area is 162 Å². The number of hydrogen-bond acceptors (Lipinski definition) is 4. The summed E-state index contributed by atoms with van der Waals surface area (Å²) in [5.41, 5.74) is 1.28. The van der Waals surface area contributed by atoms with E-state index in [1.165, 1.54) is 0 Å². The number of benzene rings is 2. The predicted octanol–water partition coefficient (Wildman–Crippen LogP) is 4.23. The van der Waals surface area contributed by atoms with Crippen LogP contribution in [0.1, 0.15) is 19.4 Å². The Kier molecular flexibility index (Phi) is 5.66. The third kappa shape index (κ3) is 3.90. The highest BCUT2D eigenvalue weighted by Gasteiger charge is 2.34. The molecule has 2 aromatic rings. The van der Waals surface area contributed by atoms with Crippen molar-refractivity contribution in [2.24, 2.45) is 0 Å². The average Bonchev–Trinajstić information content (AvgIpc) is 2.92. The molecule has 0 atom stereocenters. The van der Waals surface area contributed by atoms with Crippen LogP contribution in [-0.2, 0) is 4.79 Å². The molecule has 0 saturated carbocycles. The van der Waals surface area contributed by atoms with Crippen LogP contribution >= 0.6 is 11.6 Å². The lowest BCUT2D eigenvalue weighted by atomic mass is 10.1. The standard InChI is InChI=1S/C20H19ClN2O4/c1-3-26-17-12-13(10-15(21)18(17)27-4-2)11-16-19(24)23(20(25)22-16)14-8-6-5-7-9-14/h5-12H,3-4H2,1-2H3,(H,22,25)/b16-11+. The molecule has 7 heteroatoms. The first-order valence-electron chi connectivity index (χ1n) is 8.56.